The first-order valence-corrected chi connectivity index (χ1v) is 7.82. The SMILES string of the molecule is CCCC(C)(CO)NC(=O)NCc1cccc(-n2cccn2)c1. The summed E-state index contributed by atoms with van der Waals surface area (Å²) in [6.45, 7) is 4.19. The van der Waals surface area contributed by atoms with Gasteiger partial charge in [0.25, 0.3) is 0 Å². The van der Waals surface area contributed by atoms with Crippen molar-refractivity contribution < 1.29 is 9.90 Å². The van der Waals surface area contributed by atoms with Gasteiger partial charge in [-0.25, -0.2) is 9.48 Å². The van der Waals surface area contributed by atoms with Crippen LogP contribution in [0.15, 0.2) is 42.7 Å². The summed E-state index contributed by atoms with van der Waals surface area (Å²) < 4.78 is 1.77. The quantitative estimate of drug-likeness (QED) is 0.733. The van der Waals surface area contributed by atoms with Gasteiger partial charge in [-0.05, 0) is 37.1 Å². The van der Waals surface area contributed by atoms with Crippen LogP contribution in [0.3, 0.4) is 0 Å². The molecule has 0 aliphatic rings. The van der Waals surface area contributed by atoms with E-state index in [0.29, 0.717) is 6.54 Å². The first-order valence-electron chi connectivity index (χ1n) is 7.82. The van der Waals surface area contributed by atoms with Gasteiger partial charge in [0, 0.05) is 18.9 Å². The van der Waals surface area contributed by atoms with Gasteiger partial charge in [-0.2, -0.15) is 5.10 Å². The summed E-state index contributed by atoms with van der Waals surface area (Å²) in [6.07, 6.45) is 5.22. The maximum Gasteiger partial charge on any atom is 0.315 e. The third-order valence-electron chi connectivity index (χ3n) is 3.70. The fourth-order valence-corrected chi connectivity index (χ4v) is 2.46. The van der Waals surface area contributed by atoms with Gasteiger partial charge < -0.3 is 15.7 Å². The third kappa shape index (κ3) is 4.82. The molecule has 1 aromatic heterocycles. The predicted molar refractivity (Wildman–Crippen MR) is 89.3 cm³/mol. The summed E-state index contributed by atoms with van der Waals surface area (Å²) in [5, 5.41) is 19.3. The average Bonchev–Trinajstić information content (AvgIpc) is 3.08. The molecule has 6 nitrogen and oxygen atoms in total. The molecule has 124 valence electrons. The van der Waals surface area contributed by atoms with Crippen molar-refractivity contribution in [1.29, 1.82) is 0 Å². The van der Waals surface area contributed by atoms with Crippen LogP contribution in [0.25, 0.3) is 5.69 Å². The van der Waals surface area contributed by atoms with Crippen LogP contribution in [0.4, 0.5) is 4.79 Å². The number of hydrogen-bond donors (Lipinski definition) is 3. The van der Waals surface area contributed by atoms with E-state index in [-0.39, 0.29) is 12.6 Å². The highest BCUT2D eigenvalue weighted by molar-refractivity contribution is 5.74. The van der Waals surface area contributed by atoms with E-state index in [0.717, 1.165) is 24.1 Å². The lowest BCUT2D eigenvalue weighted by Crippen LogP contribution is -2.52. The molecule has 0 fully saturated rings. The Morgan fingerprint density at radius 2 is 2.22 bits per heavy atom. The van der Waals surface area contributed by atoms with E-state index in [2.05, 4.69) is 15.7 Å². The Kier molecular flexibility index (Phi) is 5.76. The molecule has 2 aromatic rings. The number of rotatable bonds is 7. The molecule has 1 heterocycles. The van der Waals surface area contributed by atoms with E-state index in [1.807, 2.05) is 50.4 Å². The molecule has 1 atom stereocenters. The summed E-state index contributed by atoms with van der Waals surface area (Å²) in [7, 11) is 0. The first-order chi connectivity index (χ1) is 11.1. The Bertz CT molecular complexity index is 627. The highest BCUT2D eigenvalue weighted by Gasteiger charge is 2.24. The van der Waals surface area contributed by atoms with Crippen LogP contribution in [0.5, 0.6) is 0 Å². The smallest absolute Gasteiger partial charge is 0.315 e. The van der Waals surface area contributed by atoms with Crippen molar-refractivity contribution in [3.05, 3.63) is 48.3 Å². The van der Waals surface area contributed by atoms with Gasteiger partial charge in [0.2, 0.25) is 0 Å². The topological polar surface area (TPSA) is 79.2 Å². The van der Waals surface area contributed by atoms with Crippen LogP contribution in [0.2, 0.25) is 0 Å². The maximum atomic E-state index is 12.0. The van der Waals surface area contributed by atoms with Crippen molar-refractivity contribution in [1.82, 2.24) is 20.4 Å². The van der Waals surface area contributed by atoms with Crippen LogP contribution < -0.4 is 10.6 Å². The zero-order valence-electron chi connectivity index (χ0n) is 13.6. The molecule has 3 N–H and O–H groups in total. The van der Waals surface area contributed by atoms with Crippen molar-refractivity contribution >= 4 is 6.03 Å². The first kappa shape index (κ1) is 17.0. The standard InChI is InChI=1S/C17H24N4O2/c1-3-8-17(2,13-22)20-16(23)18-12-14-6-4-7-15(11-14)21-10-5-9-19-21/h4-7,9-11,22H,3,8,12-13H2,1-2H3,(H2,18,20,23). The van der Waals surface area contributed by atoms with Crippen molar-refractivity contribution in [2.75, 3.05) is 6.61 Å². The zero-order valence-corrected chi connectivity index (χ0v) is 13.6. The number of urea groups is 1. The molecule has 6 heteroatoms. The van der Waals surface area contributed by atoms with E-state index in [1.54, 1.807) is 10.9 Å². The number of aromatic nitrogens is 2. The van der Waals surface area contributed by atoms with Gasteiger partial charge in [-0.15, -0.1) is 0 Å². The minimum Gasteiger partial charge on any atom is -0.394 e. The molecule has 0 aliphatic carbocycles. The van der Waals surface area contributed by atoms with Crippen molar-refractivity contribution in [3.8, 4) is 5.69 Å². The lowest BCUT2D eigenvalue weighted by Gasteiger charge is -2.28. The van der Waals surface area contributed by atoms with Crippen LogP contribution in [-0.2, 0) is 6.54 Å². The molecule has 2 amide bonds. The van der Waals surface area contributed by atoms with E-state index in [9.17, 15) is 9.90 Å². The Balaban J connectivity index is 1.93. The van der Waals surface area contributed by atoms with Gasteiger partial charge in [-0.1, -0.05) is 25.5 Å². The second-order valence-corrected chi connectivity index (χ2v) is 5.90. The molecule has 0 saturated heterocycles. The minimum absolute atomic E-state index is 0.0803. The normalized spacial score (nSPS) is 13.3. The molecule has 0 aliphatic heterocycles. The van der Waals surface area contributed by atoms with Crippen LogP contribution >= 0.6 is 0 Å². The molecule has 1 unspecified atom stereocenters. The number of aliphatic hydroxyl groups is 1. The van der Waals surface area contributed by atoms with Gasteiger partial charge in [0.05, 0.1) is 17.8 Å². The van der Waals surface area contributed by atoms with Crippen molar-refractivity contribution in [2.24, 2.45) is 0 Å². The molecule has 0 radical (unpaired) electrons. The Labute approximate surface area is 136 Å². The van der Waals surface area contributed by atoms with Crippen molar-refractivity contribution in [2.45, 2.75) is 38.8 Å². The van der Waals surface area contributed by atoms with E-state index in [4.69, 9.17) is 0 Å². The molecule has 1 aromatic carbocycles. The van der Waals surface area contributed by atoms with Gasteiger partial charge in [-0.3, -0.25) is 0 Å². The Morgan fingerprint density at radius 1 is 1.39 bits per heavy atom. The molecular formula is C17H24N4O2. The number of benzene rings is 1. The van der Waals surface area contributed by atoms with Gasteiger partial charge in [0.1, 0.15) is 0 Å². The lowest BCUT2D eigenvalue weighted by molar-refractivity contribution is 0.163. The zero-order chi connectivity index (χ0) is 16.7. The van der Waals surface area contributed by atoms with E-state index < -0.39 is 5.54 Å². The molecule has 23 heavy (non-hydrogen) atoms. The number of carbonyl (C=O) groups excluding carboxylic acids is 1. The highest BCUT2D eigenvalue weighted by atomic mass is 16.3. The highest BCUT2D eigenvalue weighted by Crippen LogP contribution is 2.12. The summed E-state index contributed by atoms with van der Waals surface area (Å²) in [6, 6.07) is 9.40. The lowest BCUT2D eigenvalue weighted by atomic mass is 9.98. The van der Waals surface area contributed by atoms with Gasteiger partial charge >= 0.3 is 6.03 Å². The number of carbonyl (C=O) groups is 1. The Morgan fingerprint density at radius 3 is 2.87 bits per heavy atom. The van der Waals surface area contributed by atoms with Gasteiger partial charge in [0.15, 0.2) is 0 Å². The average molecular weight is 316 g/mol. The Hall–Kier alpha value is -2.34. The molecule has 0 spiro atoms. The fourth-order valence-electron chi connectivity index (χ4n) is 2.46. The molecule has 0 bridgehead atoms. The summed E-state index contributed by atoms with van der Waals surface area (Å²) in [5.41, 5.74) is 1.34. The number of aliphatic hydroxyl groups excluding tert-OH is 1. The van der Waals surface area contributed by atoms with Crippen molar-refractivity contribution in [3.63, 3.8) is 0 Å². The summed E-state index contributed by atoms with van der Waals surface area (Å²) >= 11 is 0. The van der Waals surface area contributed by atoms with E-state index in [1.165, 1.54) is 0 Å². The van der Waals surface area contributed by atoms with E-state index >= 15 is 0 Å². The summed E-state index contributed by atoms with van der Waals surface area (Å²) in [4.78, 5) is 12.0. The van der Waals surface area contributed by atoms with Crippen LogP contribution in [0, 0.1) is 0 Å². The fraction of sp³-hybridized carbons (Fsp3) is 0.412. The maximum absolute atomic E-state index is 12.0. The second-order valence-electron chi connectivity index (χ2n) is 5.90. The minimum atomic E-state index is -0.588. The molecular weight excluding hydrogens is 292 g/mol. The monoisotopic (exact) mass is 316 g/mol. The largest absolute Gasteiger partial charge is 0.394 e. The second kappa shape index (κ2) is 7.78. The number of nitrogens with one attached hydrogen (secondary N) is 2. The predicted octanol–water partition coefficient (Wildman–Crippen LogP) is 2.22. The number of amides is 2. The summed E-state index contributed by atoms with van der Waals surface area (Å²) in [5.74, 6) is 0. The number of nitrogens with zero attached hydrogens (tertiary/aromatic N) is 2. The number of hydrogen-bond acceptors (Lipinski definition) is 3. The third-order valence-corrected chi connectivity index (χ3v) is 3.70. The van der Waals surface area contributed by atoms with Crippen LogP contribution in [-0.4, -0.2) is 33.1 Å². The molecule has 2 rings (SSSR count). The molecule has 0 saturated carbocycles. The van der Waals surface area contributed by atoms with Crippen LogP contribution in [0.1, 0.15) is 32.3 Å².